The Labute approximate surface area is 206 Å². The minimum atomic E-state index is -0.388. The number of carbonyl (C=O) groups is 2. The molecule has 6 unspecified atom stereocenters. The number of fused-ring (bicyclic) bond motifs is 3. The summed E-state index contributed by atoms with van der Waals surface area (Å²) in [6, 6.07) is 7.10. The van der Waals surface area contributed by atoms with Gasteiger partial charge in [-0.25, -0.2) is 14.2 Å². The number of nitrogens with zero attached hydrogens (tertiary/aromatic N) is 1. The highest BCUT2D eigenvalue weighted by Crippen LogP contribution is 2.58. The van der Waals surface area contributed by atoms with Crippen molar-refractivity contribution in [1.29, 1.82) is 0 Å². The molecular formula is C27H36FN5O2. The molecule has 1 aromatic rings. The number of primary amides is 1. The van der Waals surface area contributed by atoms with Gasteiger partial charge in [0.05, 0.1) is 5.70 Å². The summed E-state index contributed by atoms with van der Waals surface area (Å²) in [6.07, 6.45) is 3.74. The topological polar surface area (TPSA) is 109 Å². The van der Waals surface area contributed by atoms with Gasteiger partial charge >= 0.3 is 6.03 Å². The van der Waals surface area contributed by atoms with E-state index in [0.29, 0.717) is 30.2 Å². The molecule has 6 atom stereocenters. The van der Waals surface area contributed by atoms with Crippen LogP contribution in [0.15, 0.2) is 52.4 Å². The first-order chi connectivity index (χ1) is 16.7. The van der Waals surface area contributed by atoms with Crippen molar-refractivity contribution >= 4 is 29.1 Å². The number of carbonyl (C=O) groups excluding carboxylic acids is 2. The molecule has 1 aromatic carbocycles. The minimum absolute atomic E-state index is 0.0189. The van der Waals surface area contributed by atoms with Gasteiger partial charge in [0.1, 0.15) is 11.7 Å². The van der Waals surface area contributed by atoms with E-state index < -0.39 is 0 Å². The van der Waals surface area contributed by atoms with Crippen LogP contribution < -0.4 is 21.7 Å². The maximum Gasteiger partial charge on any atom is 0.319 e. The van der Waals surface area contributed by atoms with Gasteiger partial charge in [0.25, 0.3) is 0 Å². The smallest absolute Gasteiger partial charge is 0.319 e. The molecule has 0 radical (unpaired) electrons. The van der Waals surface area contributed by atoms with Crippen LogP contribution in [0.1, 0.15) is 47.0 Å². The van der Waals surface area contributed by atoms with E-state index in [2.05, 4.69) is 22.9 Å². The van der Waals surface area contributed by atoms with Gasteiger partial charge in [-0.3, -0.25) is 4.79 Å². The molecule has 2 fully saturated rings. The summed E-state index contributed by atoms with van der Waals surface area (Å²) in [7, 11) is 0. The molecule has 4 rings (SSSR count). The molecular weight excluding hydrogens is 445 g/mol. The number of rotatable bonds is 3. The van der Waals surface area contributed by atoms with Gasteiger partial charge in [0.2, 0.25) is 5.91 Å². The van der Waals surface area contributed by atoms with Gasteiger partial charge in [-0.15, -0.1) is 0 Å². The highest BCUT2D eigenvalue weighted by atomic mass is 19.1. The van der Waals surface area contributed by atoms with Crippen molar-refractivity contribution in [3.63, 3.8) is 0 Å². The van der Waals surface area contributed by atoms with E-state index in [1.165, 1.54) is 6.08 Å². The number of benzene rings is 1. The van der Waals surface area contributed by atoms with Crippen molar-refractivity contribution in [2.24, 2.45) is 46.2 Å². The predicted octanol–water partition coefficient (Wildman–Crippen LogP) is 5.20. The average molecular weight is 482 g/mol. The zero-order chi connectivity index (χ0) is 25.3. The lowest BCUT2D eigenvalue weighted by Gasteiger charge is -2.38. The average Bonchev–Trinajstić information content (AvgIpc) is 3.42. The van der Waals surface area contributed by atoms with Gasteiger partial charge in [-0.1, -0.05) is 19.9 Å². The van der Waals surface area contributed by atoms with Crippen LogP contribution in [-0.2, 0) is 4.79 Å². The number of hydrogen-bond donors (Lipinski definition) is 4. The molecule has 0 saturated heterocycles. The van der Waals surface area contributed by atoms with Crippen LogP contribution in [0.4, 0.5) is 20.6 Å². The number of anilines is 2. The highest BCUT2D eigenvalue weighted by Gasteiger charge is 2.56. The molecule has 2 saturated carbocycles. The molecule has 188 valence electrons. The molecule has 35 heavy (non-hydrogen) atoms. The second-order valence-electron chi connectivity index (χ2n) is 10.1. The summed E-state index contributed by atoms with van der Waals surface area (Å²) in [5.41, 5.74) is 8.40. The SMILES string of the molecule is C/C=C(/F)C1=C(C)C(C)C2C3CC(CC3CNC(=O)Nc3cccc(c3)NC(CC)=N1)C2C(N)=O. The third-order valence-corrected chi connectivity index (χ3v) is 8.16. The Bertz CT molecular complexity index is 1090. The number of urea groups is 1. The van der Waals surface area contributed by atoms with Crippen molar-refractivity contribution in [3.8, 4) is 0 Å². The summed E-state index contributed by atoms with van der Waals surface area (Å²) < 4.78 is 15.2. The predicted molar refractivity (Wildman–Crippen MR) is 137 cm³/mol. The van der Waals surface area contributed by atoms with Crippen LogP contribution >= 0.6 is 0 Å². The summed E-state index contributed by atoms with van der Waals surface area (Å²) >= 11 is 0. The standard InChI is InChI=1S/C27H36FN5O2/c1-5-21(28)25-15(4)14(3)23-20-11-16(24(23)26(29)34)10-17(20)13-30-27(35)32-19-9-7-8-18(12-19)31-22(6-2)33-25/h5,7-9,12,14,16-17,20,23-24H,6,10-11,13H2,1-4H3,(H2,29,34)(H,31,33)(H2,30,32,35)/b21-5+,25-15?. The van der Waals surface area contributed by atoms with Crippen LogP contribution in [0.25, 0.3) is 0 Å². The lowest BCUT2D eigenvalue weighted by molar-refractivity contribution is -0.126. The molecule has 3 aliphatic rings. The third kappa shape index (κ3) is 4.97. The Morgan fingerprint density at radius 2 is 1.94 bits per heavy atom. The number of aliphatic imine (C=N–C) groups is 1. The van der Waals surface area contributed by atoms with E-state index in [0.717, 1.165) is 24.1 Å². The van der Waals surface area contributed by atoms with Gasteiger partial charge in [0.15, 0.2) is 0 Å². The summed E-state index contributed by atoms with van der Waals surface area (Å²) in [5, 5.41) is 9.19. The third-order valence-electron chi connectivity index (χ3n) is 8.16. The van der Waals surface area contributed by atoms with Crippen molar-refractivity contribution in [3.05, 3.63) is 47.4 Å². The van der Waals surface area contributed by atoms with Crippen LogP contribution in [-0.4, -0.2) is 24.3 Å². The van der Waals surface area contributed by atoms with Crippen molar-refractivity contribution in [2.75, 3.05) is 17.2 Å². The Morgan fingerprint density at radius 1 is 1.23 bits per heavy atom. The summed E-state index contributed by atoms with van der Waals surface area (Å²) in [6.45, 7) is 8.10. The first-order valence-electron chi connectivity index (χ1n) is 12.5. The monoisotopic (exact) mass is 481 g/mol. The molecule has 1 heterocycles. The Hall–Kier alpha value is -3.16. The van der Waals surface area contributed by atoms with Gasteiger partial charge in [-0.2, -0.15) is 0 Å². The van der Waals surface area contributed by atoms with E-state index in [1.807, 2.05) is 38.1 Å². The first kappa shape index (κ1) is 24.9. The minimum Gasteiger partial charge on any atom is -0.369 e. The first-order valence-corrected chi connectivity index (χ1v) is 12.5. The van der Waals surface area contributed by atoms with E-state index >= 15 is 4.39 Å². The number of amides is 3. The molecule has 0 aromatic heterocycles. The highest BCUT2D eigenvalue weighted by molar-refractivity contribution is 5.97. The number of halogens is 1. The fraction of sp³-hybridized carbons (Fsp3) is 0.519. The van der Waals surface area contributed by atoms with Crippen molar-refractivity contribution < 1.29 is 14.0 Å². The Morgan fingerprint density at radius 3 is 2.60 bits per heavy atom. The molecule has 7 nitrogen and oxygen atoms in total. The van der Waals surface area contributed by atoms with E-state index in [9.17, 15) is 9.59 Å². The molecule has 1 aliphatic heterocycles. The number of allylic oxidation sites excluding steroid dienone is 3. The van der Waals surface area contributed by atoms with E-state index in [1.54, 1.807) is 6.92 Å². The zero-order valence-corrected chi connectivity index (χ0v) is 20.9. The molecule has 8 heteroatoms. The number of nitrogens with one attached hydrogen (secondary N) is 3. The Balaban J connectivity index is 1.82. The fourth-order valence-corrected chi connectivity index (χ4v) is 6.43. The number of amidine groups is 1. The number of hydrogen-bond acceptors (Lipinski definition) is 4. The molecule has 0 spiro atoms. The van der Waals surface area contributed by atoms with E-state index in [4.69, 9.17) is 10.7 Å². The largest absolute Gasteiger partial charge is 0.369 e. The molecule has 2 aliphatic carbocycles. The molecule has 4 bridgehead atoms. The maximum absolute atomic E-state index is 15.2. The fourth-order valence-electron chi connectivity index (χ4n) is 6.43. The van der Waals surface area contributed by atoms with Crippen molar-refractivity contribution in [2.45, 2.75) is 47.0 Å². The molecule has 5 N–H and O–H groups in total. The Kier molecular flexibility index (Phi) is 7.28. The zero-order valence-electron chi connectivity index (χ0n) is 20.9. The van der Waals surface area contributed by atoms with Crippen LogP contribution in [0.2, 0.25) is 0 Å². The quantitative estimate of drug-likeness (QED) is 0.476. The summed E-state index contributed by atoms with van der Waals surface area (Å²) in [4.78, 5) is 29.9. The van der Waals surface area contributed by atoms with Crippen LogP contribution in [0.5, 0.6) is 0 Å². The second-order valence-corrected chi connectivity index (χ2v) is 10.1. The number of nitrogens with two attached hydrogens (primary N) is 1. The molecule has 3 amide bonds. The van der Waals surface area contributed by atoms with Gasteiger partial charge < -0.3 is 21.7 Å². The van der Waals surface area contributed by atoms with Gasteiger partial charge in [0, 0.05) is 30.3 Å². The van der Waals surface area contributed by atoms with E-state index in [-0.39, 0.29) is 53.3 Å². The van der Waals surface area contributed by atoms with Gasteiger partial charge in [-0.05, 0) is 86.1 Å². The van der Waals surface area contributed by atoms with Crippen LogP contribution in [0.3, 0.4) is 0 Å². The van der Waals surface area contributed by atoms with Crippen LogP contribution in [0, 0.1) is 35.5 Å². The second kappa shape index (κ2) is 10.2. The summed E-state index contributed by atoms with van der Waals surface area (Å²) in [5.74, 6) is 0.217. The maximum atomic E-state index is 15.2. The van der Waals surface area contributed by atoms with Crippen molar-refractivity contribution in [1.82, 2.24) is 5.32 Å². The lowest BCUT2D eigenvalue weighted by Crippen LogP contribution is -2.43. The lowest BCUT2D eigenvalue weighted by atomic mass is 9.66. The normalized spacial score (nSPS) is 31.4.